The van der Waals surface area contributed by atoms with Crippen LogP contribution in [0.2, 0.25) is 10.0 Å². The minimum atomic E-state index is -0.625. The van der Waals surface area contributed by atoms with E-state index in [-0.39, 0.29) is 0 Å². The minimum Gasteiger partial charge on any atom is -0.489 e. The molecule has 0 fully saturated rings. The normalized spacial score (nSPS) is 10.6. The smallest absolute Gasteiger partial charge is 0.331 e. The largest absolute Gasteiger partial charge is 0.489 e. The van der Waals surface area contributed by atoms with E-state index in [0.717, 1.165) is 11.1 Å². The lowest BCUT2D eigenvalue weighted by atomic mass is 10.2. The summed E-state index contributed by atoms with van der Waals surface area (Å²) in [6.45, 7) is -0.0387. The third-order valence-corrected chi connectivity index (χ3v) is 4.70. The van der Waals surface area contributed by atoms with Crippen molar-refractivity contribution in [3.63, 3.8) is 0 Å². The van der Waals surface area contributed by atoms with Crippen LogP contribution in [0.4, 0.5) is 5.69 Å². The number of halogens is 2. The van der Waals surface area contributed by atoms with E-state index in [1.54, 1.807) is 54.6 Å². The Morgan fingerprint density at radius 1 is 0.935 bits per heavy atom. The number of hydrogen-bond acceptors (Lipinski definition) is 4. The van der Waals surface area contributed by atoms with Crippen LogP contribution in [0, 0.1) is 0 Å². The molecule has 0 aromatic heterocycles. The average molecular weight is 456 g/mol. The Morgan fingerprint density at radius 2 is 1.71 bits per heavy atom. The van der Waals surface area contributed by atoms with Crippen LogP contribution in [0.5, 0.6) is 5.75 Å². The maximum Gasteiger partial charge on any atom is 0.331 e. The highest BCUT2D eigenvalue weighted by Gasteiger charge is 2.06. The van der Waals surface area contributed by atoms with Crippen LogP contribution in [0.25, 0.3) is 6.08 Å². The van der Waals surface area contributed by atoms with Crippen molar-refractivity contribution in [2.24, 2.45) is 0 Å². The van der Waals surface area contributed by atoms with Crippen LogP contribution in [0.15, 0.2) is 78.9 Å². The van der Waals surface area contributed by atoms with E-state index in [0.29, 0.717) is 28.1 Å². The second kappa shape index (κ2) is 11.2. The summed E-state index contributed by atoms with van der Waals surface area (Å²) < 4.78 is 10.7. The molecule has 0 bridgehead atoms. The summed E-state index contributed by atoms with van der Waals surface area (Å²) in [5.74, 6) is -0.401. The molecular weight excluding hydrogens is 437 g/mol. The molecule has 3 aromatic rings. The van der Waals surface area contributed by atoms with Gasteiger partial charge in [-0.05, 0) is 48.0 Å². The first kappa shape index (κ1) is 22.4. The van der Waals surface area contributed by atoms with Crippen molar-refractivity contribution in [3.8, 4) is 5.75 Å². The Morgan fingerprint density at radius 3 is 2.45 bits per heavy atom. The number of nitrogens with one attached hydrogen (secondary N) is 1. The molecule has 1 amide bonds. The van der Waals surface area contributed by atoms with Crippen molar-refractivity contribution >= 4 is 46.8 Å². The Hall–Kier alpha value is -3.28. The summed E-state index contributed by atoms with van der Waals surface area (Å²) in [6, 6.07) is 21.4. The van der Waals surface area contributed by atoms with E-state index in [9.17, 15) is 9.59 Å². The van der Waals surface area contributed by atoms with Gasteiger partial charge >= 0.3 is 5.97 Å². The third kappa shape index (κ3) is 7.48. The molecule has 5 nitrogen and oxygen atoms in total. The van der Waals surface area contributed by atoms with Crippen molar-refractivity contribution < 1.29 is 19.1 Å². The minimum absolute atomic E-state index is 0.360. The second-order valence-electron chi connectivity index (χ2n) is 6.45. The fourth-order valence-corrected chi connectivity index (χ4v) is 2.94. The Bertz CT molecular complexity index is 1080. The van der Waals surface area contributed by atoms with Crippen molar-refractivity contribution in [1.82, 2.24) is 0 Å². The quantitative estimate of drug-likeness (QED) is 0.346. The monoisotopic (exact) mass is 455 g/mol. The molecule has 0 saturated heterocycles. The molecule has 0 saturated carbocycles. The Balaban J connectivity index is 1.43. The Labute approximate surface area is 190 Å². The predicted octanol–water partition coefficient (Wildman–Crippen LogP) is 5.77. The van der Waals surface area contributed by atoms with Crippen LogP contribution in [0.3, 0.4) is 0 Å². The van der Waals surface area contributed by atoms with Crippen LogP contribution in [-0.4, -0.2) is 18.5 Å². The summed E-state index contributed by atoms with van der Waals surface area (Å²) in [6.07, 6.45) is 2.85. The highest BCUT2D eigenvalue weighted by molar-refractivity contribution is 6.31. The van der Waals surface area contributed by atoms with E-state index in [1.165, 1.54) is 6.08 Å². The van der Waals surface area contributed by atoms with E-state index >= 15 is 0 Å². The first-order chi connectivity index (χ1) is 15.0. The third-order valence-electron chi connectivity index (χ3n) is 4.10. The van der Waals surface area contributed by atoms with Crippen LogP contribution in [0.1, 0.15) is 11.1 Å². The summed E-state index contributed by atoms with van der Waals surface area (Å²) in [5.41, 5.74) is 2.21. The maximum atomic E-state index is 11.8. The fourth-order valence-electron chi connectivity index (χ4n) is 2.56. The molecule has 0 aliphatic rings. The number of benzene rings is 3. The molecule has 31 heavy (non-hydrogen) atoms. The second-order valence-corrected chi connectivity index (χ2v) is 7.29. The summed E-state index contributed by atoms with van der Waals surface area (Å²) in [5, 5.41) is 3.75. The standard InChI is InChI=1S/C24H19Cl2NO4/c25-19-5-3-6-20(14-19)27-23(28)16-31-24(29)13-10-17-8-11-21(12-9-17)30-15-18-4-1-2-7-22(18)26/h1-14H,15-16H2,(H,27,28)/b13-10+. The fraction of sp³-hybridized carbons (Fsp3) is 0.0833. The van der Waals surface area contributed by atoms with Crippen molar-refractivity contribution in [2.75, 3.05) is 11.9 Å². The number of carbonyl (C=O) groups is 2. The lowest BCUT2D eigenvalue weighted by Crippen LogP contribution is -2.20. The summed E-state index contributed by atoms with van der Waals surface area (Å²) in [4.78, 5) is 23.7. The van der Waals surface area contributed by atoms with Gasteiger partial charge in [0, 0.05) is 27.4 Å². The number of rotatable bonds is 8. The lowest BCUT2D eigenvalue weighted by Gasteiger charge is -2.08. The van der Waals surface area contributed by atoms with Gasteiger partial charge < -0.3 is 14.8 Å². The number of esters is 1. The van der Waals surface area contributed by atoms with Gasteiger partial charge in [-0.2, -0.15) is 0 Å². The highest BCUT2D eigenvalue weighted by atomic mass is 35.5. The molecule has 0 aliphatic heterocycles. The molecule has 0 radical (unpaired) electrons. The predicted molar refractivity (Wildman–Crippen MR) is 122 cm³/mol. The summed E-state index contributed by atoms with van der Waals surface area (Å²) in [7, 11) is 0. The first-order valence-electron chi connectivity index (χ1n) is 9.36. The van der Waals surface area contributed by atoms with Crippen molar-refractivity contribution in [2.45, 2.75) is 6.61 Å². The lowest BCUT2D eigenvalue weighted by molar-refractivity contribution is -0.142. The molecule has 1 N–H and O–H groups in total. The zero-order valence-electron chi connectivity index (χ0n) is 16.4. The number of ether oxygens (including phenoxy) is 2. The number of carbonyl (C=O) groups excluding carboxylic acids is 2. The van der Waals surface area contributed by atoms with Gasteiger partial charge in [0.15, 0.2) is 6.61 Å². The van der Waals surface area contributed by atoms with Gasteiger partial charge in [-0.1, -0.05) is 59.6 Å². The zero-order chi connectivity index (χ0) is 22.1. The topological polar surface area (TPSA) is 64.6 Å². The molecule has 7 heteroatoms. The summed E-state index contributed by atoms with van der Waals surface area (Å²) >= 11 is 12.0. The Kier molecular flexibility index (Phi) is 8.10. The molecule has 3 rings (SSSR count). The molecule has 0 unspecified atom stereocenters. The maximum absolute atomic E-state index is 11.8. The van der Waals surface area contributed by atoms with Crippen molar-refractivity contribution in [3.05, 3.63) is 100 Å². The molecular formula is C24H19Cl2NO4. The van der Waals surface area contributed by atoms with E-state index < -0.39 is 18.5 Å². The molecule has 0 atom stereocenters. The van der Waals surface area contributed by atoms with E-state index in [2.05, 4.69) is 5.32 Å². The van der Waals surface area contributed by atoms with Gasteiger partial charge in [0.2, 0.25) is 0 Å². The highest BCUT2D eigenvalue weighted by Crippen LogP contribution is 2.19. The molecule has 0 heterocycles. The van der Waals surface area contributed by atoms with Gasteiger partial charge in [-0.15, -0.1) is 0 Å². The van der Waals surface area contributed by atoms with Crippen LogP contribution >= 0.6 is 23.2 Å². The molecule has 0 aliphatic carbocycles. The zero-order valence-corrected chi connectivity index (χ0v) is 17.9. The van der Waals surface area contributed by atoms with Gasteiger partial charge in [-0.3, -0.25) is 4.79 Å². The van der Waals surface area contributed by atoms with Gasteiger partial charge in [0.1, 0.15) is 12.4 Å². The van der Waals surface area contributed by atoms with Crippen LogP contribution in [-0.2, 0) is 20.9 Å². The molecule has 158 valence electrons. The molecule has 0 spiro atoms. The van der Waals surface area contributed by atoms with Gasteiger partial charge in [-0.25, -0.2) is 4.79 Å². The number of anilines is 1. The van der Waals surface area contributed by atoms with Crippen molar-refractivity contribution in [1.29, 1.82) is 0 Å². The number of hydrogen-bond donors (Lipinski definition) is 1. The average Bonchev–Trinajstić information content (AvgIpc) is 2.76. The SMILES string of the molecule is O=C(COC(=O)/C=C/c1ccc(OCc2ccccc2Cl)cc1)Nc1cccc(Cl)c1. The first-order valence-corrected chi connectivity index (χ1v) is 10.1. The van der Waals surface area contributed by atoms with Gasteiger partial charge in [0.05, 0.1) is 0 Å². The van der Waals surface area contributed by atoms with Gasteiger partial charge in [0.25, 0.3) is 5.91 Å². The number of amides is 1. The molecule has 3 aromatic carbocycles. The van der Waals surface area contributed by atoms with Crippen LogP contribution < -0.4 is 10.1 Å². The van der Waals surface area contributed by atoms with E-state index in [4.69, 9.17) is 32.7 Å². The van der Waals surface area contributed by atoms with E-state index in [1.807, 2.05) is 24.3 Å².